The Morgan fingerprint density at radius 3 is 2.89 bits per heavy atom. The van der Waals surface area contributed by atoms with Crippen LogP contribution in [0.15, 0.2) is 59.5 Å². The SMILES string of the molecule is CCSc1cccc(C(=O)Nc2nc3c(s2)CN(Cc2ccccc2)CC3)c1. The molecule has 0 saturated heterocycles. The number of nitrogens with one attached hydrogen (secondary N) is 1. The molecular formula is C22H23N3OS2. The minimum atomic E-state index is -0.0919. The second kappa shape index (κ2) is 8.90. The Morgan fingerprint density at radius 2 is 2.07 bits per heavy atom. The molecule has 6 heteroatoms. The number of rotatable bonds is 6. The minimum absolute atomic E-state index is 0.0919. The van der Waals surface area contributed by atoms with Crippen LogP contribution in [-0.2, 0) is 19.5 Å². The van der Waals surface area contributed by atoms with Gasteiger partial charge in [-0.1, -0.05) is 43.3 Å². The number of hydrogen-bond acceptors (Lipinski definition) is 5. The summed E-state index contributed by atoms with van der Waals surface area (Å²) < 4.78 is 0. The van der Waals surface area contributed by atoms with Gasteiger partial charge in [0, 0.05) is 41.4 Å². The molecule has 4 nitrogen and oxygen atoms in total. The van der Waals surface area contributed by atoms with Crippen molar-refractivity contribution in [3.05, 3.63) is 76.3 Å². The van der Waals surface area contributed by atoms with E-state index in [1.54, 1.807) is 23.1 Å². The molecule has 1 aromatic heterocycles. The van der Waals surface area contributed by atoms with E-state index in [9.17, 15) is 4.79 Å². The van der Waals surface area contributed by atoms with Crippen molar-refractivity contribution >= 4 is 34.1 Å². The lowest BCUT2D eigenvalue weighted by Crippen LogP contribution is -2.29. The molecule has 28 heavy (non-hydrogen) atoms. The van der Waals surface area contributed by atoms with Gasteiger partial charge < -0.3 is 0 Å². The van der Waals surface area contributed by atoms with E-state index in [2.05, 4.69) is 46.4 Å². The van der Waals surface area contributed by atoms with E-state index >= 15 is 0 Å². The second-order valence-electron chi connectivity index (χ2n) is 6.75. The number of fused-ring (bicyclic) bond motifs is 1. The molecule has 2 heterocycles. The zero-order chi connectivity index (χ0) is 19.3. The van der Waals surface area contributed by atoms with E-state index in [1.807, 2.05) is 30.3 Å². The lowest BCUT2D eigenvalue weighted by molar-refractivity contribution is 0.102. The van der Waals surface area contributed by atoms with Gasteiger partial charge in [-0.15, -0.1) is 23.1 Å². The summed E-state index contributed by atoms with van der Waals surface area (Å²) in [5.74, 6) is 0.898. The number of carbonyl (C=O) groups excluding carboxylic acids is 1. The van der Waals surface area contributed by atoms with Crippen molar-refractivity contribution in [2.75, 3.05) is 17.6 Å². The fourth-order valence-corrected chi connectivity index (χ4v) is 5.11. The molecule has 3 aromatic rings. The highest BCUT2D eigenvalue weighted by molar-refractivity contribution is 7.99. The van der Waals surface area contributed by atoms with Crippen molar-refractivity contribution in [3.63, 3.8) is 0 Å². The van der Waals surface area contributed by atoms with Crippen LogP contribution >= 0.6 is 23.1 Å². The lowest BCUT2D eigenvalue weighted by Gasteiger charge is -2.25. The van der Waals surface area contributed by atoms with Crippen LogP contribution in [0, 0.1) is 0 Å². The monoisotopic (exact) mass is 409 g/mol. The zero-order valence-electron chi connectivity index (χ0n) is 15.9. The highest BCUT2D eigenvalue weighted by Gasteiger charge is 2.21. The number of anilines is 1. The number of nitrogens with zero attached hydrogens (tertiary/aromatic N) is 2. The molecule has 1 aliphatic heterocycles. The Morgan fingerprint density at radius 1 is 1.21 bits per heavy atom. The maximum Gasteiger partial charge on any atom is 0.257 e. The summed E-state index contributed by atoms with van der Waals surface area (Å²) in [5, 5.41) is 3.69. The van der Waals surface area contributed by atoms with E-state index < -0.39 is 0 Å². The topological polar surface area (TPSA) is 45.2 Å². The first-order chi connectivity index (χ1) is 13.7. The largest absolute Gasteiger partial charge is 0.298 e. The average molecular weight is 410 g/mol. The smallest absolute Gasteiger partial charge is 0.257 e. The van der Waals surface area contributed by atoms with E-state index in [4.69, 9.17) is 0 Å². The van der Waals surface area contributed by atoms with E-state index in [-0.39, 0.29) is 5.91 Å². The van der Waals surface area contributed by atoms with E-state index in [0.717, 1.165) is 42.4 Å². The number of thioether (sulfide) groups is 1. The van der Waals surface area contributed by atoms with Gasteiger partial charge in [-0.25, -0.2) is 4.98 Å². The first kappa shape index (κ1) is 19.2. The Balaban J connectivity index is 1.41. The second-order valence-corrected chi connectivity index (χ2v) is 9.17. The molecule has 0 aliphatic carbocycles. The maximum atomic E-state index is 12.6. The van der Waals surface area contributed by atoms with Gasteiger partial charge in [0.25, 0.3) is 5.91 Å². The highest BCUT2D eigenvalue weighted by atomic mass is 32.2. The van der Waals surface area contributed by atoms with Crippen LogP contribution in [0.5, 0.6) is 0 Å². The van der Waals surface area contributed by atoms with Gasteiger partial charge in [-0.05, 0) is 29.5 Å². The van der Waals surface area contributed by atoms with Crippen LogP contribution in [0.4, 0.5) is 5.13 Å². The molecule has 144 valence electrons. The summed E-state index contributed by atoms with van der Waals surface area (Å²) in [6, 6.07) is 18.3. The molecule has 0 unspecified atom stereocenters. The summed E-state index contributed by atoms with van der Waals surface area (Å²) in [6.07, 6.45) is 0.928. The third-order valence-corrected chi connectivity index (χ3v) is 6.56. The predicted molar refractivity (Wildman–Crippen MR) is 117 cm³/mol. The summed E-state index contributed by atoms with van der Waals surface area (Å²) >= 11 is 3.33. The summed E-state index contributed by atoms with van der Waals surface area (Å²) in [7, 11) is 0. The molecule has 2 aromatic carbocycles. The van der Waals surface area contributed by atoms with Crippen LogP contribution in [0.3, 0.4) is 0 Å². The van der Waals surface area contributed by atoms with Crippen molar-refractivity contribution < 1.29 is 4.79 Å². The van der Waals surface area contributed by atoms with Crippen LogP contribution < -0.4 is 5.32 Å². The Labute approximate surface area is 174 Å². The molecule has 0 spiro atoms. The number of thiazole rings is 1. The van der Waals surface area contributed by atoms with E-state index in [0.29, 0.717) is 10.7 Å². The number of hydrogen-bond donors (Lipinski definition) is 1. The third kappa shape index (κ3) is 4.63. The van der Waals surface area contributed by atoms with Crippen molar-refractivity contribution in [3.8, 4) is 0 Å². The van der Waals surface area contributed by atoms with Crippen molar-refractivity contribution in [2.45, 2.75) is 31.3 Å². The first-order valence-corrected chi connectivity index (χ1v) is 11.3. The van der Waals surface area contributed by atoms with E-state index in [1.165, 1.54) is 10.4 Å². The molecular weight excluding hydrogens is 386 g/mol. The van der Waals surface area contributed by atoms with Crippen LogP contribution in [0.25, 0.3) is 0 Å². The molecule has 0 bridgehead atoms. The standard InChI is InChI=1S/C22H23N3OS2/c1-2-27-18-10-6-9-17(13-18)21(26)24-22-23-19-11-12-25(15-20(19)28-22)14-16-7-4-3-5-8-16/h3-10,13H,2,11-12,14-15H2,1H3,(H,23,24,26). The Kier molecular flexibility index (Phi) is 6.10. The molecule has 1 aliphatic rings. The van der Waals surface area contributed by atoms with Gasteiger partial charge in [-0.2, -0.15) is 0 Å². The molecule has 1 amide bonds. The van der Waals surface area contributed by atoms with Gasteiger partial charge in [0.2, 0.25) is 0 Å². The average Bonchev–Trinajstić information content (AvgIpc) is 3.11. The number of benzene rings is 2. The Hall–Kier alpha value is -2.15. The van der Waals surface area contributed by atoms with Crippen molar-refractivity contribution in [1.29, 1.82) is 0 Å². The van der Waals surface area contributed by atoms with Gasteiger partial charge in [0.15, 0.2) is 5.13 Å². The van der Waals surface area contributed by atoms with Gasteiger partial charge in [0.1, 0.15) is 0 Å². The van der Waals surface area contributed by atoms with Crippen LogP contribution in [0.2, 0.25) is 0 Å². The fourth-order valence-electron chi connectivity index (χ4n) is 3.34. The third-order valence-electron chi connectivity index (χ3n) is 4.69. The molecule has 1 N–H and O–H groups in total. The molecule has 0 fully saturated rings. The van der Waals surface area contributed by atoms with Crippen LogP contribution in [-0.4, -0.2) is 28.1 Å². The van der Waals surface area contributed by atoms with Crippen molar-refractivity contribution in [1.82, 2.24) is 9.88 Å². The fraction of sp³-hybridized carbons (Fsp3) is 0.273. The maximum absolute atomic E-state index is 12.6. The molecule has 0 radical (unpaired) electrons. The van der Waals surface area contributed by atoms with Crippen molar-refractivity contribution in [2.24, 2.45) is 0 Å². The quantitative estimate of drug-likeness (QED) is 0.578. The van der Waals surface area contributed by atoms with Gasteiger partial charge in [0.05, 0.1) is 5.69 Å². The molecule has 0 atom stereocenters. The minimum Gasteiger partial charge on any atom is -0.298 e. The summed E-state index contributed by atoms with van der Waals surface area (Å²) in [4.78, 5) is 22.1. The number of aromatic nitrogens is 1. The van der Waals surface area contributed by atoms with Gasteiger partial charge in [-0.3, -0.25) is 15.0 Å². The van der Waals surface area contributed by atoms with Gasteiger partial charge >= 0.3 is 0 Å². The predicted octanol–water partition coefficient (Wildman–Crippen LogP) is 5.07. The Bertz CT molecular complexity index is 955. The zero-order valence-corrected chi connectivity index (χ0v) is 17.5. The molecule has 0 saturated carbocycles. The summed E-state index contributed by atoms with van der Waals surface area (Å²) in [5.41, 5.74) is 3.13. The number of carbonyl (C=O) groups is 1. The highest BCUT2D eigenvalue weighted by Crippen LogP contribution is 2.29. The first-order valence-electron chi connectivity index (χ1n) is 9.50. The summed E-state index contributed by atoms with van der Waals surface area (Å²) in [6.45, 7) is 4.94. The normalized spacial score (nSPS) is 13.9. The number of amides is 1. The lowest BCUT2D eigenvalue weighted by atomic mass is 10.1. The molecule has 4 rings (SSSR count). The van der Waals surface area contributed by atoms with Crippen LogP contribution in [0.1, 0.15) is 33.4 Å².